The summed E-state index contributed by atoms with van der Waals surface area (Å²) in [6, 6.07) is 10.3. The second-order valence-corrected chi connectivity index (χ2v) is 12.6. The number of benzene rings is 1. The highest BCUT2D eigenvalue weighted by molar-refractivity contribution is 5.76. The number of aromatic nitrogens is 2. The largest absolute Gasteiger partial charge is 0.480 e. The lowest BCUT2D eigenvalue weighted by Gasteiger charge is -2.53. The number of rotatable bonds is 6. The van der Waals surface area contributed by atoms with Crippen LogP contribution in [-0.4, -0.2) is 81.3 Å². The SMILES string of the molecule is CN(CC(=O)O)[C@H]1CCN(c2nc3ccccc3n(C3C[C@H]4CCC[C@@H](C3)N4C3CCCCCCC3)c2=O)C1. The Balaban J connectivity index is 1.29. The number of hydrogen-bond donors (Lipinski definition) is 1. The van der Waals surface area contributed by atoms with Crippen LogP contribution in [0.1, 0.15) is 89.5 Å². The molecule has 6 rings (SSSR count). The third-order valence-electron chi connectivity index (χ3n) is 10.1. The van der Waals surface area contributed by atoms with Crippen molar-refractivity contribution in [2.24, 2.45) is 0 Å². The summed E-state index contributed by atoms with van der Waals surface area (Å²) in [4.78, 5) is 37.3. The molecule has 1 aromatic carbocycles. The van der Waals surface area contributed by atoms with Crippen LogP contribution in [0.15, 0.2) is 29.1 Å². The van der Waals surface area contributed by atoms with Crippen molar-refractivity contribution in [3.05, 3.63) is 34.6 Å². The van der Waals surface area contributed by atoms with Crippen molar-refractivity contribution in [3.8, 4) is 0 Å². The molecular weight excluding hydrogens is 490 g/mol. The number of carboxylic acid groups (broad SMARTS) is 1. The van der Waals surface area contributed by atoms with Crippen LogP contribution in [0, 0.1) is 0 Å². The lowest BCUT2D eigenvalue weighted by atomic mass is 9.79. The first kappa shape index (κ1) is 26.8. The highest BCUT2D eigenvalue weighted by atomic mass is 16.4. The second-order valence-electron chi connectivity index (χ2n) is 12.6. The van der Waals surface area contributed by atoms with Crippen LogP contribution in [0.3, 0.4) is 0 Å². The summed E-state index contributed by atoms with van der Waals surface area (Å²) in [5, 5.41) is 9.24. The van der Waals surface area contributed by atoms with Gasteiger partial charge in [0.1, 0.15) is 0 Å². The number of piperidine rings is 2. The fraction of sp³-hybridized carbons (Fsp3) is 0.710. The predicted octanol–water partition coefficient (Wildman–Crippen LogP) is 4.66. The van der Waals surface area contributed by atoms with E-state index in [9.17, 15) is 14.7 Å². The zero-order valence-corrected chi connectivity index (χ0v) is 23.5. The molecule has 0 spiro atoms. The summed E-state index contributed by atoms with van der Waals surface area (Å²) < 4.78 is 2.10. The van der Waals surface area contributed by atoms with Gasteiger partial charge in [-0.2, -0.15) is 0 Å². The molecule has 39 heavy (non-hydrogen) atoms. The summed E-state index contributed by atoms with van der Waals surface area (Å²) in [5.41, 5.74) is 1.85. The van der Waals surface area contributed by atoms with E-state index in [0.717, 1.165) is 36.8 Å². The van der Waals surface area contributed by atoms with Gasteiger partial charge in [-0.1, -0.05) is 50.7 Å². The van der Waals surface area contributed by atoms with Gasteiger partial charge in [0.15, 0.2) is 5.82 Å². The maximum absolute atomic E-state index is 14.2. The smallest absolute Gasteiger partial charge is 0.317 e. The number of anilines is 1. The predicted molar refractivity (Wildman–Crippen MR) is 155 cm³/mol. The number of para-hydroxylation sites is 2. The highest BCUT2D eigenvalue weighted by Crippen LogP contribution is 2.43. The van der Waals surface area contributed by atoms with Crippen LogP contribution >= 0.6 is 0 Å². The van der Waals surface area contributed by atoms with E-state index >= 15 is 0 Å². The first-order valence-corrected chi connectivity index (χ1v) is 15.5. The normalized spacial score (nSPS) is 29.0. The summed E-state index contributed by atoms with van der Waals surface area (Å²) in [6.07, 6.45) is 16.3. The van der Waals surface area contributed by atoms with Gasteiger partial charge in [-0.3, -0.25) is 19.4 Å². The molecule has 1 saturated carbocycles. The van der Waals surface area contributed by atoms with Crippen molar-refractivity contribution in [2.75, 3.05) is 31.6 Å². The highest BCUT2D eigenvalue weighted by Gasteiger charge is 2.43. The van der Waals surface area contributed by atoms with Crippen molar-refractivity contribution in [2.45, 2.75) is 114 Å². The van der Waals surface area contributed by atoms with Crippen molar-refractivity contribution >= 4 is 22.8 Å². The minimum Gasteiger partial charge on any atom is -0.480 e. The fourth-order valence-electron chi connectivity index (χ4n) is 8.28. The molecule has 1 aliphatic carbocycles. The average molecular weight is 536 g/mol. The van der Waals surface area contributed by atoms with Crippen molar-refractivity contribution in [1.29, 1.82) is 0 Å². The Morgan fingerprint density at radius 2 is 1.59 bits per heavy atom. The van der Waals surface area contributed by atoms with Crippen molar-refractivity contribution in [3.63, 3.8) is 0 Å². The van der Waals surface area contributed by atoms with Gasteiger partial charge in [-0.25, -0.2) is 4.98 Å². The van der Waals surface area contributed by atoms with E-state index < -0.39 is 5.97 Å². The number of hydrogen-bond acceptors (Lipinski definition) is 6. The molecule has 0 amide bonds. The molecule has 4 heterocycles. The molecule has 3 aliphatic heterocycles. The molecule has 8 nitrogen and oxygen atoms in total. The van der Waals surface area contributed by atoms with Crippen LogP contribution in [0.2, 0.25) is 0 Å². The van der Waals surface area contributed by atoms with E-state index in [4.69, 9.17) is 4.98 Å². The molecule has 4 atom stereocenters. The van der Waals surface area contributed by atoms with Crippen molar-refractivity contribution < 1.29 is 9.90 Å². The fourth-order valence-corrected chi connectivity index (χ4v) is 8.28. The quantitative estimate of drug-likeness (QED) is 0.576. The second kappa shape index (κ2) is 11.6. The van der Waals surface area contributed by atoms with Crippen LogP contribution in [0.25, 0.3) is 11.0 Å². The molecule has 1 N–H and O–H groups in total. The molecule has 2 bridgehead atoms. The van der Waals surface area contributed by atoms with Crippen LogP contribution < -0.4 is 10.5 Å². The lowest BCUT2D eigenvalue weighted by Crippen LogP contribution is -2.57. The summed E-state index contributed by atoms with van der Waals surface area (Å²) in [6.45, 7) is 1.37. The third kappa shape index (κ3) is 5.47. The zero-order chi connectivity index (χ0) is 26.9. The summed E-state index contributed by atoms with van der Waals surface area (Å²) in [7, 11) is 1.86. The molecule has 0 radical (unpaired) electrons. The number of aliphatic carboxylic acids is 1. The van der Waals surface area contributed by atoms with Gasteiger partial charge < -0.3 is 14.6 Å². The Hall–Kier alpha value is -2.45. The third-order valence-corrected chi connectivity index (χ3v) is 10.1. The molecule has 1 unspecified atom stereocenters. The number of likely N-dealkylation sites (N-methyl/N-ethyl adjacent to an activating group) is 1. The zero-order valence-electron chi connectivity index (χ0n) is 23.5. The van der Waals surface area contributed by atoms with Crippen LogP contribution in [-0.2, 0) is 4.79 Å². The Kier molecular flexibility index (Phi) is 7.94. The van der Waals surface area contributed by atoms with Crippen LogP contribution in [0.5, 0.6) is 0 Å². The van der Waals surface area contributed by atoms with E-state index in [2.05, 4.69) is 20.4 Å². The van der Waals surface area contributed by atoms with Gasteiger partial charge >= 0.3 is 5.97 Å². The molecule has 4 fully saturated rings. The number of fused-ring (bicyclic) bond motifs is 3. The van der Waals surface area contributed by atoms with Gasteiger partial charge in [-0.15, -0.1) is 0 Å². The molecule has 4 aliphatic rings. The van der Waals surface area contributed by atoms with Gasteiger partial charge in [0.2, 0.25) is 0 Å². The molecule has 2 aromatic rings. The van der Waals surface area contributed by atoms with Gasteiger partial charge in [0.05, 0.1) is 17.6 Å². The Morgan fingerprint density at radius 1 is 0.923 bits per heavy atom. The van der Waals surface area contributed by atoms with E-state index in [1.165, 1.54) is 64.2 Å². The van der Waals surface area contributed by atoms with Gasteiger partial charge in [-0.05, 0) is 64.1 Å². The average Bonchev–Trinajstić information content (AvgIpc) is 3.38. The number of nitrogens with zero attached hydrogens (tertiary/aromatic N) is 5. The van der Waals surface area contributed by atoms with E-state index in [1.807, 2.05) is 30.1 Å². The maximum Gasteiger partial charge on any atom is 0.317 e. The first-order valence-electron chi connectivity index (χ1n) is 15.5. The molecule has 1 aromatic heterocycles. The first-order chi connectivity index (χ1) is 19.0. The Labute approximate surface area is 232 Å². The van der Waals surface area contributed by atoms with E-state index in [1.54, 1.807) is 0 Å². The molecule has 3 saturated heterocycles. The number of carboxylic acids is 1. The van der Waals surface area contributed by atoms with Crippen LogP contribution in [0.4, 0.5) is 5.82 Å². The minimum absolute atomic E-state index is 0.0102. The monoisotopic (exact) mass is 535 g/mol. The standard InChI is InChI=1S/C31H45N5O3/c1-33(21-29(37)38)25-16-17-34(20-25)30-31(39)36(28-15-8-7-14-27(28)32-30)26-18-23-12-9-13-24(19-26)35(23)22-10-5-3-2-4-6-11-22/h7-8,14-15,22-26H,2-6,9-13,16-21H2,1H3,(H,37,38)/t23-,24+,25-,26?/m0/s1. The van der Waals surface area contributed by atoms with E-state index in [-0.39, 0.29) is 24.2 Å². The lowest BCUT2D eigenvalue weighted by molar-refractivity contribution is -0.138. The van der Waals surface area contributed by atoms with Gasteiger partial charge in [0.25, 0.3) is 5.56 Å². The molecular formula is C31H45N5O3. The van der Waals surface area contributed by atoms with E-state index in [0.29, 0.717) is 30.5 Å². The molecule has 8 heteroatoms. The summed E-state index contributed by atoms with van der Waals surface area (Å²) >= 11 is 0. The minimum atomic E-state index is -0.821. The number of carbonyl (C=O) groups is 1. The molecule has 212 valence electrons. The Morgan fingerprint density at radius 3 is 2.31 bits per heavy atom. The topological polar surface area (TPSA) is 81.9 Å². The maximum atomic E-state index is 14.2. The van der Waals surface area contributed by atoms with Crippen molar-refractivity contribution in [1.82, 2.24) is 19.4 Å². The Bertz CT molecular complexity index is 1210. The summed E-state index contributed by atoms with van der Waals surface area (Å²) in [5.74, 6) is -0.286. The van der Waals surface area contributed by atoms with Gasteiger partial charge in [0, 0.05) is 43.3 Å².